The van der Waals surface area contributed by atoms with Crippen LogP contribution < -0.4 is 14.2 Å². The molecule has 1 aromatic carbocycles. The van der Waals surface area contributed by atoms with E-state index < -0.39 is 59.9 Å². The van der Waals surface area contributed by atoms with E-state index in [-0.39, 0.29) is 6.07 Å². The summed E-state index contributed by atoms with van der Waals surface area (Å²) in [4.78, 5) is 11.6. The van der Waals surface area contributed by atoms with Gasteiger partial charge in [0.2, 0.25) is 11.6 Å². The molecule has 0 saturated heterocycles. The van der Waals surface area contributed by atoms with Crippen LogP contribution in [0.4, 0.5) is 43.9 Å². The van der Waals surface area contributed by atoms with Gasteiger partial charge in [-0.2, -0.15) is 4.39 Å². The third kappa shape index (κ3) is 6.15. The predicted molar refractivity (Wildman–Crippen MR) is 61.1 cm³/mol. The molecule has 0 atom stereocenters. The molecule has 148 valence electrons. The molecular formula is C12H6F10O4. The molecule has 0 amide bonds. The average molecular weight is 404 g/mol. The number of carbonyl (C=O) groups is 1. The van der Waals surface area contributed by atoms with E-state index in [1.807, 2.05) is 0 Å². The maximum absolute atomic E-state index is 13.9. The number of hydrogen-bond acceptors (Lipinski definition) is 4. The smallest absolute Gasteiger partial charge is 0.402 e. The number of carbonyl (C=O) groups excluding carboxylic acids is 1. The Morgan fingerprint density at radius 3 is 1.65 bits per heavy atom. The van der Waals surface area contributed by atoms with Crippen molar-refractivity contribution in [2.24, 2.45) is 0 Å². The molecule has 0 aliphatic carbocycles. The molecule has 4 nitrogen and oxygen atoms in total. The van der Waals surface area contributed by atoms with Gasteiger partial charge < -0.3 is 14.2 Å². The standard InChI is InChI=1S/C12H6F10O4/c1-2-5(23)4-3-6(24-10(14,15)16)7(13)9(26-12(20,21)22)8(4)25-11(17,18)19/h3H,2H2,1H3. The van der Waals surface area contributed by atoms with E-state index in [1.165, 1.54) is 0 Å². The molecule has 0 N–H and O–H groups in total. The van der Waals surface area contributed by atoms with Gasteiger partial charge in [0, 0.05) is 6.42 Å². The van der Waals surface area contributed by atoms with E-state index in [9.17, 15) is 48.7 Å². The van der Waals surface area contributed by atoms with Crippen molar-refractivity contribution in [3.63, 3.8) is 0 Å². The van der Waals surface area contributed by atoms with Gasteiger partial charge in [-0.25, -0.2) is 0 Å². The van der Waals surface area contributed by atoms with Gasteiger partial charge in [-0.3, -0.25) is 4.79 Å². The van der Waals surface area contributed by atoms with Gasteiger partial charge >= 0.3 is 19.1 Å². The lowest BCUT2D eigenvalue weighted by atomic mass is 10.1. The van der Waals surface area contributed by atoms with Crippen molar-refractivity contribution in [1.82, 2.24) is 0 Å². The van der Waals surface area contributed by atoms with Gasteiger partial charge in [-0.15, -0.1) is 39.5 Å². The van der Waals surface area contributed by atoms with Crippen molar-refractivity contribution < 1.29 is 62.9 Å². The number of alkyl halides is 9. The molecule has 1 aromatic rings. The van der Waals surface area contributed by atoms with Crippen LogP contribution in [0.25, 0.3) is 0 Å². The van der Waals surface area contributed by atoms with Crippen LogP contribution in [0.5, 0.6) is 17.2 Å². The number of hydrogen-bond donors (Lipinski definition) is 0. The third-order valence-electron chi connectivity index (χ3n) is 2.42. The van der Waals surface area contributed by atoms with Gasteiger partial charge in [0.15, 0.2) is 17.3 Å². The minimum atomic E-state index is -5.83. The number of benzene rings is 1. The zero-order valence-electron chi connectivity index (χ0n) is 12.2. The summed E-state index contributed by atoms with van der Waals surface area (Å²) in [6, 6.07) is -0.168. The summed E-state index contributed by atoms with van der Waals surface area (Å²) in [5.41, 5.74) is -1.45. The quantitative estimate of drug-likeness (QED) is 0.505. The zero-order valence-corrected chi connectivity index (χ0v) is 12.2. The summed E-state index contributed by atoms with van der Waals surface area (Å²) < 4.78 is 134. The van der Waals surface area contributed by atoms with E-state index in [0.29, 0.717) is 0 Å². The minimum absolute atomic E-state index is 0.168. The number of halogens is 10. The number of ketones is 1. The molecule has 0 saturated carbocycles. The second-order valence-corrected chi connectivity index (χ2v) is 4.31. The Kier molecular flexibility index (Phi) is 5.88. The fourth-order valence-corrected chi connectivity index (χ4v) is 1.61. The highest BCUT2D eigenvalue weighted by atomic mass is 19.4. The Bertz CT molecular complexity index is 675. The van der Waals surface area contributed by atoms with Crippen molar-refractivity contribution in [2.75, 3.05) is 0 Å². The molecule has 0 bridgehead atoms. The Balaban J connectivity index is 3.76. The number of ether oxygens (including phenoxy) is 3. The minimum Gasteiger partial charge on any atom is -0.402 e. The lowest BCUT2D eigenvalue weighted by molar-refractivity contribution is -0.289. The highest BCUT2D eigenvalue weighted by molar-refractivity contribution is 5.99. The third-order valence-corrected chi connectivity index (χ3v) is 2.42. The SMILES string of the molecule is CCC(=O)c1cc(OC(F)(F)F)c(F)c(OC(F)(F)F)c1OC(F)(F)F. The number of Topliss-reactive ketones (excluding diaryl/α,β-unsaturated/α-hetero) is 1. The van der Waals surface area contributed by atoms with Crippen LogP contribution in [0, 0.1) is 5.82 Å². The van der Waals surface area contributed by atoms with Crippen LogP contribution in [0.3, 0.4) is 0 Å². The zero-order chi connectivity index (χ0) is 20.5. The lowest BCUT2D eigenvalue weighted by Crippen LogP contribution is -2.25. The maximum atomic E-state index is 13.9. The summed E-state index contributed by atoms with van der Waals surface area (Å²) in [5, 5.41) is 0. The van der Waals surface area contributed by atoms with Crippen LogP contribution in [0.15, 0.2) is 6.07 Å². The van der Waals surface area contributed by atoms with Crippen molar-refractivity contribution in [1.29, 1.82) is 0 Å². The van der Waals surface area contributed by atoms with E-state index in [2.05, 4.69) is 14.2 Å². The fourth-order valence-electron chi connectivity index (χ4n) is 1.61. The topological polar surface area (TPSA) is 44.8 Å². The normalized spacial score (nSPS) is 12.7. The van der Waals surface area contributed by atoms with Crippen LogP contribution in [-0.2, 0) is 0 Å². The van der Waals surface area contributed by atoms with Crippen LogP contribution in [0.2, 0.25) is 0 Å². The van der Waals surface area contributed by atoms with Crippen LogP contribution >= 0.6 is 0 Å². The van der Waals surface area contributed by atoms with Gasteiger partial charge in [-0.1, -0.05) is 6.92 Å². The molecule has 0 heterocycles. The van der Waals surface area contributed by atoms with Crippen molar-refractivity contribution in [2.45, 2.75) is 32.4 Å². The summed E-state index contributed by atoms with van der Waals surface area (Å²) in [6.45, 7) is 1.03. The Labute approximate surface area is 137 Å². The molecule has 0 unspecified atom stereocenters. The molecule has 14 heteroatoms. The molecule has 0 fully saturated rings. The first kappa shape index (κ1) is 21.6. The van der Waals surface area contributed by atoms with Gasteiger partial charge in [0.25, 0.3) is 0 Å². The van der Waals surface area contributed by atoms with E-state index in [4.69, 9.17) is 0 Å². The van der Waals surface area contributed by atoms with E-state index in [0.717, 1.165) is 6.92 Å². The van der Waals surface area contributed by atoms with E-state index in [1.54, 1.807) is 0 Å². The average Bonchev–Trinajstić information content (AvgIpc) is 2.41. The summed E-state index contributed by atoms with van der Waals surface area (Å²) in [6.07, 6.45) is -17.8. The summed E-state index contributed by atoms with van der Waals surface area (Å²) >= 11 is 0. The highest BCUT2D eigenvalue weighted by Crippen LogP contribution is 2.45. The first-order valence-corrected chi connectivity index (χ1v) is 6.21. The molecule has 0 radical (unpaired) electrons. The van der Waals surface area contributed by atoms with E-state index >= 15 is 0 Å². The summed E-state index contributed by atoms with van der Waals surface area (Å²) in [7, 11) is 0. The van der Waals surface area contributed by atoms with Crippen molar-refractivity contribution >= 4 is 5.78 Å². The number of rotatable bonds is 5. The lowest BCUT2D eigenvalue weighted by Gasteiger charge is -2.20. The molecule has 26 heavy (non-hydrogen) atoms. The first-order valence-electron chi connectivity index (χ1n) is 6.21. The Hall–Kier alpha value is -2.41. The van der Waals surface area contributed by atoms with Crippen molar-refractivity contribution in [3.05, 3.63) is 17.4 Å². The molecular weight excluding hydrogens is 398 g/mol. The van der Waals surface area contributed by atoms with Crippen LogP contribution in [0.1, 0.15) is 23.7 Å². The molecule has 0 aromatic heterocycles. The van der Waals surface area contributed by atoms with Gasteiger partial charge in [0.05, 0.1) is 5.56 Å². The highest BCUT2D eigenvalue weighted by Gasteiger charge is 2.42. The Morgan fingerprint density at radius 1 is 0.846 bits per heavy atom. The maximum Gasteiger partial charge on any atom is 0.573 e. The summed E-state index contributed by atoms with van der Waals surface area (Å²) in [5.74, 6) is -10.5. The van der Waals surface area contributed by atoms with Gasteiger partial charge in [0.1, 0.15) is 0 Å². The largest absolute Gasteiger partial charge is 0.573 e. The second kappa shape index (κ2) is 7.07. The van der Waals surface area contributed by atoms with Gasteiger partial charge in [-0.05, 0) is 6.07 Å². The second-order valence-electron chi connectivity index (χ2n) is 4.31. The van der Waals surface area contributed by atoms with Crippen LogP contribution in [-0.4, -0.2) is 24.9 Å². The molecule has 0 aliphatic rings. The fraction of sp³-hybridized carbons (Fsp3) is 0.417. The predicted octanol–water partition coefficient (Wildman–Crippen LogP) is 5.11. The molecule has 0 aliphatic heterocycles. The molecule has 1 rings (SSSR count). The first-order chi connectivity index (χ1) is 11.5. The Morgan fingerprint density at radius 2 is 1.27 bits per heavy atom. The van der Waals surface area contributed by atoms with Crippen molar-refractivity contribution in [3.8, 4) is 17.2 Å². The monoisotopic (exact) mass is 404 g/mol. The molecule has 0 spiro atoms.